The van der Waals surface area contributed by atoms with Crippen LogP contribution in [0.2, 0.25) is 0 Å². The Morgan fingerprint density at radius 2 is 1.75 bits per heavy atom. The lowest BCUT2D eigenvalue weighted by atomic mass is 10.2. The zero-order valence-corrected chi connectivity index (χ0v) is 12.8. The zero-order chi connectivity index (χ0) is 14.1. The Labute approximate surface area is 124 Å². The molecule has 0 aliphatic carbocycles. The van der Waals surface area contributed by atoms with Crippen LogP contribution in [0, 0.1) is 6.92 Å². The van der Waals surface area contributed by atoms with Crippen molar-refractivity contribution in [2.45, 2.75) is 16.7 Å². The maximum atomic E-state index is 2.25. The molecule has 3 rings (SSSR count). The molecule has 0 spiro atoms. The minimum Gasteiger partial charge on any atom is -0.364 e. The van der Waals surface area contributed by atoms with Crippen molar-refractivity contribution >= 4 is 23.1 Å². The van der Waals surface area contributed by atoms with Crippen molar-refractivity contribution in [3.05, 3.63) is 60.3 Å². The monoisotopic (exact) mass is 282 g/mol. The van der Waals surface area contributed by atoms with E-state index in [1.54, 1.807) is 0 Å². The van der Waals surface area contributed by atoms with Gasteiger partial charge in [-0.15, -0.1) is 0 Å². The molecule has 2 nitrogen and oxygen atoms in total. The van der Waals surface area contributed by atoms with Crippen molar-refractivity contribution in [2.75, 3.05) is 19.0 Å². The summed E-state index contributed by atoms with van der Waals surface area (Å²) in [6, 6.07) is 17.3. The number of fused-ring (bicyclic) bond motifs is 1. The van der Waals surface area contributed by atoms with Crippen LogP contribution in [0.15, 0.2) is 64.5 Å². The van der Waals surface area contributed by atoms with Crippen molar-refractivity contribution in [3.63, 3.8) is 0 Å². The highest BCUT2D eigenvalue weighted by Gasteiger charge is 2.10. The molecule has 3 aromatic rings. The molecule has 0 fully saturated rings. The normalized spacial score (nSPS) is 10.9. The fourth-order valence-corrected chi connectivity index (χ4v) is 3.23. The maximum Gasteiger partial charge on any atom is 0.113 e. The predicted molar refractivity (Wildman–Crippen MR) is 87.0 cm³/mol. The molecule has 0 saturated heterocycles. The quantitative estimate of drug-likeness (QED) is 0.700. The molecule has 0 unspecified atom stereocenters. The van der Waals surface area contributed by atoms with Crippen LogP contribution in [0.1, 0.15) is 5.56 Å². The van der Waals surface area contributed by atoms with Crippen LogP contribution >= 0.6 is 11.8 Å². The van der Waals surface area contributed by atoms with E-state index in [9.17, 15) is 0 Å². The van der Waals surface area contributed by atoms with Gasteiger partial charge in [0.05, 0.1) is 5.52 Å². The number of benzene rings is 1. The van der Waals surface area contributed by atoms with Gasteiger partial charge in [0, 0.05) is 30.1 Å². The molecule has 0 aliphatic heterocycles. The highest BCUT2D eigenvalue weighted by Crippen LogP contribution is 2.35. The van der Waals surface area contributed by atoms with E-state index in [1.807, 2.05) is 11.8 Å². The average molecular weight is 282 g/mol. The summed E-state index contributed by atoms with van der Waals surface area (Å²) in [7, 11) is 4.16. The molecule has 2 heterocycles. The van der Waals surface area contributed by atoms with E-state index in [-0.39, 0.29) is 0 Å². The van der Waals surface area contributed by atoms with Crippen molar-refractivity contribution < 1.29 is 0 Å². The Hall–Kier alpha value is -1.87. The van der Waals surface area contributed by atoms with Crippen LogP contribution in [-0.2, 0) is 0 Å². The molecule has 0 aliphatic rings. The highest BCUT2D eigenvalue weighted by molar-refractivity contribution is 7.99. The van der Waals surface area contributed by atoms with E-state index in [0.717, 1.165) is 0 Å². The molecule has 2 aromatic heterocycles. The van der Waals surface area contributed by atoms with E-state index in [4.69, 9.17) is 0 Å². The second kappa shape index (κ2) is 5.25. The summed E-state index contributed by atoms with van der Waals surface area (Å²) in [5.41, 5.74) is 2.55. The van der Waals surface area contributed by atoms with Crippen LogP contribution in [0.5, 0.6) is 0 Å². The molecule has 0 bridgehead atoms. The lowest BCUT2D eigenvalue weighted by molar-refractivity contribution is 1.04. The van der Waals surface area contributed by atoms with Gasteiger partial charge < -0.3 is 9.30 Å². The number of hydrogen-bond donors (Lipinski definition) is 0. The third-order valence-electron chi connectivity index (χ3n) is 3.33. The first-order valence-corrected chi connectivity index (χ1v) is 7.49. The predicted octanol–water partition coefficient (Wildman–Crippen LogP) is 4.46. The molecular formula is C17H18N2S. The van der Waals surface area contributed by atoms with Crippen molar-refractivity contribution in [2.24, 2.45) is 0 Å². The first-order chi connectivity index (χ1) is 9.65. The van der Waals surface area contributed by atoms with E-state index in [0.29, 0.717) is 0 Å². The fraction of sp³-hybridized carbons (Fsp3) is 0.176. The molecular weight excluding hydrogens is 264 g/mol. The number of rotatable bonds is 3. The third-order valence-corrected chi connectivity index (χ3v) is 4.38. The van der Waals surface area contributed by atoms with Gasteiger partial charge in [-0.1, -0.05) is 35.5 Å². The fourth-order valence-electron chi connectivity index (χ4n) is 2.26. The lowest BCUT2D eigenvalue weighted by Crippen LogP contribution is -2.10. The van der Waals surface area contributed by atoms with Gasteiger partial charge >= 0.3 is 0 Å². The van der Waals surface area contributed by atoms with E-state index in [1.165, 1.54) is 26.7 Å². The van der Waals surface area contributed by atoms with Crippen molar-refractivity contribution in [3.8, 4) is 0 Å². The van der Waals surface area contributed by atoms with E-state index < -0.39 is 0 Å². The molecule has 0 radical (unpaired) electrons. The summed E-state index contributed by atoms with van der Waals surface area (Å²) in [6.45, 7) is 2.12. The second-order valence-corrected chi connectivity index (χ2v) is 6.25. The van der Waals surface area contributed by atoms with Crippen LogP contribution in [0.4, 0.5) is 5.82 Å². The van der Waals surface area contributed by atoms with E-state index >= 15 is 0 Å². The topological polar surface area (TPSA) is 7.65 Å². The van der Waals surface area contributed by atoms with Gasteiger partial charge in [0.2, 0.25) is 0 Å². The van der Waals surface area contributed by atoms with Crippen molar-refractivity contribution in [1.82, 2.24) is 4.40 Å². The Balaban J connectivity index is 2.05. The maximum absolute atomic E-state index is 2.25. The number of anilines is 1. The van der Waals surface area contributed by atoms with Crippen LogP contribution < -0.4 is 4.90 Å². The third kappa shape index (κ3) is 2.41. The summed E-state index contributed by atoms with van der Waals surface area (Å²) >= 11 is 1.82. The Morgan fingerprint density at radius 1 is 1.00 bits per heavy atom. The summed E-state index contributed by atoms with van der Waals surface area (Å²) in [4.78, 5) is 4.71. The van der Waals surface area contributed by atoms with Crippen molar-refractivity contribution in [1.29, 1.82) is 0 Å². The largest absolute Gasteiger partial charge is 0.364 e. The minimum absolute atomic E-state index is 1.20. The number of pyridine rings is 1. The molecule has 20 heavy (non-hydrogen) atoms. The van der Waals surface area contributed by atoms with Crippen LogP contribution in [0.3, 0.4) is 0 Å². The van der Waals surface area contributed by atoms with Gasteiger partial charge in [0.25, 0.3) is 0 Å². The summed E-state index contributed by atoms with van der Waals surface area (Å²) in [6.07, 6.45) is 2.11. The number of hydrogen-bond acceptors (Lipinski definition) is 2. The molecule has 0 atom stereocenters. The first kappa shape index (κ1) is 13.1. The number of aryl methyl sites for hydroxylation is 1. The van der Waals surface area contributed by atoms with Gasteiger partial charge in [-0.2, -0.15) is 0 Å². The zero-order valence-electron chi connectivity index (χ0n) is 12.0. The molecule has 0 amide bonds. The van der Waals surface area contributed by atoms with Gasteiger partial charge in [0.15, 0.2) is 0 Å². The molecule has 0 saturated carbocycles. The average Bonchev–Trinajstić information content (AvgIpc) is 2.81. The lowest BCUT2D eigenvalue weighted by Gasteiger charge is -2.11. The smallest absolute Gasteiger partial charge is 0.113 e. The Kier molecular flexibility index (Phi) is 3.45. The standard InChI is InChI=1S/C17H18N2S/c1-13-7-9-14(10-8-13)20-16-12-17(18(2)3)19-11-5-4-6-15(16)19/h4-12H,1-3H3. The first-order valence-electron chi connectivity index (χ1n) is 6.67. The van der Waals surface area contributed by atoms with Crippen LogP contribution in [-0.4, -0.2) is 18.5 Å². The number of aromatic nitrogens is 1. The molecule has 1 aromatic carbocycles. The SMILES string of the molecule is Cc1ccc(Sc2cc(N(C)C)n3ccccc23)cc1. The minimum atomic E-state index is 1.20. The summed E-state index contributed by atoms with van der Waals surface area (Å²) in [5, 5.41) is 0. The highest BCUT2D eigenvalue weighted by atomic mass is 32.2. The van der Waals surface area contributed by atoms with Gasteiger partial charge in [-0.05, 0) is 37.3 Å². The molecule has 0 N–H and O–H groups in total. The van der Waals surface area contributed by atoms with E-state index in [2.05, 4.69) is 85.0 Å². The summed E-state index contributed by atoms with van der Waals surface area (Å²) in [5.74, 6) is 1.20. The van der Waals surface area contributed by atoms with Gasteiger partial charge in [-0.25, -0.2) is 0 Å². The summed E-state index contributed by atoms with van der Waals surface area (Å²) < 4.78 is 2.23. The van der Waals surface area contributed by atoms with Gasteiger partial charge in [0.1, 0.15) is 5.82 Å². The molecule has 102 valence electrons. The molecule has 3 heteroatoms. The second-order valence-electron chi connectivity index (χ2n) is 5.13. The number of nitrogens with zero attached hydrogens (tertiary/aromatic N) is 2. The Morgan fingerprint density at radius 3 is 2.45 bits per heavy atom. The Bertz CT molecular complexity index is 726. The van der Waals surface area contributed by atoms with Crippen LogP contribution in [0.25, 0.3) is 5.52 Å². The van der Waals surface area contributed by atoms with Gasteiger partial charge in [-0.3, -0.25) is 0 Å².